The van der Waals surface area contributed by atoms with Crippen molar-refractivity contribution in [3.8, 4) is 11.5 Å². The molecule has 194 valence electrons. The first-order chi connectivity index (χ1) is 18.0. The summed E-state index contributed by atoms with van der Waals surface area (Å²) in [5.41, 5.74) is 4.32. The Morgan fingerprint density at radius 2 is 1.49 bits per heavy atom. The molecule has 6 nitrogen and oxygen atoms in total. The van der Waals surface area contributed by atoms with Crippen molar-refractivity contribution in [2.45, 2.75) is 37.3 Å². The highest BCUT2D eigenvalue weighted by atomic mass is 16.5. The molecular formula is C31H36N2O4. The standard InChI is InChI=1S/C31H36N2O4/c1-36-28-12-8-25(9-13-28)31(26-10-14-29(37-2)15-11-26)17-3-18-32(22-31)20-23-4-6-24(7-5-23)30(35)33-19-16-27(34)21-33/h4-15,27,34H,3,16-22H2,1-2H3. The molecule has 1 N–H and O–H groups in total. The van der Waals surface area contributed by atoms with Gasteiger partial charge in [0.2, 0.25) is 0 Å². The second-order valence-corrected chi connectivity index (χ2v) is 10.2. The number of benzene rings is 3. The molecule has 0 saturated carbocycles. The quantitative estimate of drug-likeness (QED) is 0.518. The molecule has 1 amide bonds. The highest BCUT2D eigenvalue weighted by Crippen LogP contribution is 2.41. The van der Waals surface area contributed by atoms with E-state index in [1.807, 2.05) is 12.1 Å². The van der Waals surface area contributed by atoms with Crippen LogP contribution >= 0.6 is 0 Å². The number of carbonyl (C=O) groups is 1. The van der Waals surface area contributed by atoms with E-state index in [1.165, 1.54) is 16.7 Å². The smallest absolute Gasteiger partial charge is 0.253 e. The number of hydrogen-bond donors (Lipinski definition) is 1. The second-order valence-electron chi connectivity index (χ2n) is 10.2. The van der Waals surface area contributed by atoms with Crippen LogP contribution in [0.4, 0.5) is 0 Å². The lowest BCUT2D eigenvalue weighted by molar-refractivity contribution is 0.0765. The van der Waals surface area contributed by atoms with Crippen LogP contribution in [-0.2, 0) is 12.0 Å². The average Bonchev–Trinajstić information content (AvgIpc) is 3.39. The number of piperidine rings is 1. The van der Waals surface area contributed by atoms with Crippen molar-refractivity contribution in [3.05, 3.63) is 95.1 Å². The minimum absolute atomic E-state index is 0.000832. The van der Waals surface area contributed by atoms with Crippen molar-refractivity contribution in [2.24, 2.45) is 0 Å². The van der Waals surface area contributed by atoms with E-state index < -0.39 is 6.10 Å². The Morgan fingerprint density at radius 3 is 2.00 bits per heavy atom. The lowest BCUT2D eigenvalue weighted by Crippen LogP contribution is -2.46. The molecule has 37 heavy (non-hydrogen) atoms. The van der Waals surface area contributed by atoms with Gasteiger partial charge in [-0.05, 0) is 78.9 Å². The molecular weight excluding hydrogens is 464 g/mol. The first-order valence-corrected chi connectivity index (χ1v) is 13.1. The molecule has 0 aromatic heterocycles. The van der Waals surface area contributed by atoms with Gasteiger partial charge < -0.3 is 19.5 Å². The maximum atomic E-state index is 12.8. The van der Waals surface area contributed by atoms with E-state index in [4.69, 9.17) is 9.47 Å². The summed E-state index contributed by atoms with van der Waals surface area (Å²) in [7, 11) is 3.40. The van der Waals surface area contributed by atoms with Crippen LogP contribution in [0.3, 0.4) is 0 Å². The van der Waals surface area contributed by atoms with Crippen LogP contribution in [0.2, 0.25) is 0 Å². The molecule has 0 bridgehead atoms. The Kier molecular flexibility index (Phi) is 7.49. The summed E-state index contributed by atoms with van der Waals surface area (Å²) in [4.78, 5) is 17.0. The van der Waals surface area contributed by atoms with Crippen LogP contribution in [0.25, 0.3) is 0 Å². The van der Waals surface area contributed by atoms with Crippen LogP contribution in [0.5, 0.6) is 11.5 Å². The maximum Gasteiger partial charge on any atom is 0.253 e. The maximum absolute atomic E-state index is 12.8. The van der Waals surface area contributed by atoms with Gasteiger partial charge in [-0.15, -0.1) is 0 Å². The van der Waals surface area contributed by atoms with Crippen molar-refractivity contribution in [1.82, 2.24) is 9.80 Å². The van der Waals surface area contributed by atoms with Crippen LogP contribution < -0.4 is 9.47 Å². The lowest BCUT2D eigenvalue weighted by atomic mass is 9.69. The summed E-state index contributed by atoms with van der Waals surface area (Å²) in [6.45, 7) is 3.80. The number of ether oxygens (including phenoxy) is 2. The number of nitrogens with zero attached hydrogens (tertiary/aromatic N) is 2. The minimum Gasteiger partial charge on any atom is -0.497 e. The van der Waals surface area contributed by atoms with Gasteiger partial charge in [-0.1, -0.05) is 36.4 Å². The molecule has 3 aromatic rings. The van der Waals surface area contributed by atoms with Gasteiger partial charge in [0.25, 0.3) is 5.91 Å². The van der Waals surface area contributed by atoms with Crippen molar-refractivity contribution in [3.63, 3.8) is 0 Å². The zero-order chi connectivity index (χ0) is 25.8. The van der Waals surface area contributed by atoms with Crippen LogP contribution in [-0.4, -0.2) is 67.3 Å². The fraction of sp³-hybridized carbons (Fsp3) is 0.387. The van der Waals surface area contributed by atoms with Crippen LogP contribution in [0.1, 0.15) is 46.3 Å². The average molecular weight is 501 g/mol. The monoisotopic (exact) mass is 500 g/mol. The fourth-order valence-corrected chi connectivity index (χ4v) is 5.86. The summed E-state index contributed by atoms with van der Waals surface area (Å²) in [6, 6.07) is 25.0. The van der Waals surface area contributed by atoms with E-state index in [0.29, 0.717) is 25.1 Å². The molecule has 3 aromatic carbocycles. The Morgan fingerprint density at radius 1 is 0.892 bits per heavy atom. The number of methoxy groups -OCH3 is 2. The summed E-state index contributed by atoms with van der Waals surface area (Å²) >= 11 is 0. The molecule has 2 aliphatic rings. The molecule has 5 rings (SSSR count). The lowest BCUT2D eigenvalue weighted by Gasteiger charge is -2.44. The van der Waals surface area contributed by atoms with Crippen LogP contribution in [0, 0.1) is 0 Å². The topological polar surface area (TPSA) is 62.2 Å². The molecule has 2 heterocycles. The van der Waals surface area contributed by atoms with Crippen molar-refractivity contribution in [1.29, 1.82) is 0 Å². The van der Waals surface area contributed by atoms with Gasteiger partial charge in [0, 0.05) is 37.2 Å². The number of carbonyl (C=O) groups excluding carboxylic acids is 1. The number of aliphatic hydroxyl groups is 1. The fourth-order valence-electron chi connectivity index (χ4n) is 5.86. The third kappa shape index (κ3) is 5.36. The van der Waals surface area contributed by atoms with Gasteiger partial charge in [0.05, 0.1) is 20.3 Å². The first kappa shape index (κ1) is 25.3. The Bertz CT molecular complexity index is 1140. The van der Waals surface area contributed by atoms with Gasteiger partial charge in [0.1, 0.15) is 11.5 Å². The molecule has 2 aliphatic heterocycles. The molecule has 0 radical (unpaired) electrons. The third-order valence-corrected chi connectivity index (χ3v) is 7.91. The van der Waals surface area contributed by atoms with E-state index in [1.54, 1.807) is 19.1 Å². The van der Waals surface area contributed by atoms with E-state index in [9.17, 15) is 9.90 Å². The van der Waals surface area contributed by atoms with Gasteiger partial charge in [-0.3, -0.25) is 9.69 Å². The van der Waals surface area contributed by atoms with Crippen molar-refractivity contribution < 1.29 is 19.4 Å². The third-order valence-electron chi connectivity index (χ3n) is 7.91. The molecule has 0 aliphatic carbocycles. The Balaban J connectivity index is 1.36. The molecule has 1 unspecified atom stereocenters. The molecule has 0 spiro atoms. The molecule has 2 saturated heterocycles. The molecule has 1 atom stereocenters. The Labute approximate surface area is 219 Å². The van der Waals surface area contributed by atoms with E-state index in [2.05, 4.69) is 65.6 Å². The highest BCUT2D eigenvalue weighted by Gasteiger charge is 2.39. The number of aliphatic hydroxyl groups excluding tert-OH is 1. The summed E-state index contributed by atoms with van der Waals surface area (Å²) < 4.78 is 10.8. The van der Waals surface area contributed by atoms with Gasteiger partial charge in [-0.2, -0.15) is 0 Å². The molecule has 2 fully saturated rings. The SMILES string of the molecule is COc1ccc(C2(c3ccc(OC)cc3)CCCN(Cc3ccc(C(=O)N4CCC(O)C4)cc3)C2)cc1. The predicted molar refractivity (Wildman–Crippen MR) is 144 cm³/mol. The van der Waals surface area contributed by atoms with E-state index in [-0.39, 0.29) is 11.3 Å². The van der Waals surface area contributed by atoms with Crippen molar-refractivity contribution in [2.75, 3.05) is 40.4 Å². The van der Waals surface area contributed by atoms with E-state index in [0.717, 1.165) is 44.0 Å². The molecule has 6 heteroatoms. The summed E-state index contributed by atoms with van der Waals surface area (Å²) in [6.07, 6.45) is 2.41. The predicted octanol–water partition coefficient (Wildman–Crippen LogP) is 4.49. The highest BCUT2D eigenvalue weighted by molar-refractivity contribution is 5.94. The van der Waals surface area contributed by atoms with E-state index >= 15 is 0 Å². The number of hydrogen-bond acceptors (Lipinski definition) is 5. The number of amides is 1. The summed E-state index contributed by atoms with van der Waals surface area (Å²) in [5.74, 6) is 1.72. The Hall–Kier alpha value is -3.35. The zero-order valence-corrected chi connectivity index (χ0v) is 21.7. The van der Waals surface area contributed by atoms with Crippen molar-refractivity contribution >= 4 is 5.91 Å². The van der Waals surface area contributed by atoms with Crippen LogP contribution in [0.15, 0.2) is 72.8 Å². The normalized spacial score (nSPS) is 19.5. The van der Waals surface area contributed by atoms with Gasteiger partial charge in [-0.25, -0.2) is 0 Å². The number of β-amino-alcohol motifs (C(OH)–C–C–N with tert-alkyl or cyclic N) is 1. The first-order valence-electron chi connectivity index (χ1n) is 13.1. The minimum atomic E-state index is -0.404. The number of likely N-dealkylation sites (tertiary alicyclic amines) is 2. The van der Waals surface area contributed by atoms with Gasteiger partial charge in [0.15, 0.2) is 0 Å². The largest absolute Gasteiger partial charge is 0.497 e. The zero-order valence-electron chi connectivity index (χ0n) is 21.7. The second kappa shape index (κ2) is 11.0. The van der Waals surface area contributed by atoms with Gasteiger partial charge >= 0.3 is 0 Å². The number of rotatable bonds is 7. The summed E-state index contributed by atoms with van der Waals surface area (Å²) in [5, 5.41) is 9.77.